The normalized spacial score (nSPS) is 18.0. The Morgan fingerprint density at radius 1 is 0.941 bits per heavy atom. The molecule has 0 aliphatic rings. The molecule has 0 rings (SSSR count). The van der Waals surface area contributed by atoms with Gasteiger partial charge in [0.1, 0.15) is 0 Å². The first-order valence-electron chi connectivity index (χ1n) is 6.22. The van der Waals surface area contributed by atoms with Crippen molar-refractivity contribution in [2.24, 2.45) is 10.2 Å². The van der Waals surface area contributed by atoms with Crippen molar-refractivity contribution < 1.29 is 0 Å². The molecule has 2 atom stereocenters. The monoisotopic (exact) mass is 234 g/mol. The van der Waals surface area contributed by atoms with E-state index >= 15 is 0 Å². The molecule has 0 saturated carbocycles. The van der Waals surface area contributed by atoms with Crippen LogP contribution in [-0.4, -0.2) is 11.1 Å². The molecule has 0 saturated heterocycles. The highest BCUT2D eigenvalue weighted by Crippen LogP contribution is 2.22. The fraction of sp³-hybridized carbons (Fsp3) is 0.846. The smallest absolute Gasteiger partial charge is 0.164 e. The van der Waals surface area contributed by atoms with Crippen LogP contribution in [0.2, 0.25) is 0 Å². The summed E-state index contributed by atoms with van der Waals surface area (Å²) >= 11 is 0. The van der Waals surface area contributed by atoms with Crippen LogP contribution in [0.3, 0.4) is 0 Å². The van der Waals surface area contributed by atoms with Crippen LogP contribution in [0.25, 0.3) is 0 Å². The maximum atomic E-state index is 9.14. The number of nitrogens with zero attached hydrogens (tertiary/aromatic N) is 4. The van der Waals surface area contributed by atoms with Crippen LogP contribution in [0.1, 0.15) is 59.8 Å². The molecule has 0 aromatic rings. The maximum Gasteiger partial charge on any atom is 0.164 e. The van der Waals surface area contributed by atoms with Crippen molar-refractivity contribution in [2.75, 3.05) is 0 Å². The zero-order valence-electron chi connectivity index (χ0n) is 11.3. The van der Waals surface area contributed by atoms with Crippen LogP contribution < -0.4 is 0 Å². The van der Waals surface area contributed by atoms with E-state index < -0.39 is 11.1 Å². The van der Waals surface area contributed by atoms with E-state index in [0.717, 1.165) is 19.3 Å². The predicted octanol–water partition coefficient (Wildman–Crippen LogP) is 3.99. The van der Waals surface area contributed by atoms with Crippen molar-refractivity contribution in [3.8, 4) is 12.1 Å². The van der Waals surface area contributed by atoms with Gasteiger partial charge in [0.2, 0.25) is 0 Å². The number of hydrogen-bond donors (Lipinski definition) is 0. The number of azo groups is 1. The zero-order valence-corrected chi connectivity index (χ0v) is 11.3. The molecule has 94 valence electrons. The molecule has 2 unspecified atom stereocenters. The van der Waals surface area contributed by atoms with E-state index in [0.29, 0.717) is 12.8 Å². The lowest BCUT2D eigenvalue weighted by Gasteiger charge is -2.18. The minimum atomic E-state index is -0.803. The average Bonchev–Trinajstić information content (AvgIpc) is 2.36. The summed E-state index contributed by atoms with van der Waals surface area (Å²) in [6.45, 7) is 7.53. The van der Waals surface area contributed by atoms with Gasteiger partial charge in [-0.3, -0.25) is 0 Å². The van der Waals surface area contributed by atoms with Gasteiger partial charge < -0.3 is 0 Å². The summed E-state index contributed by atoms with van der Waals surface area (Å²) in [5, 5.41) is 26.3. The van der Waals surface area contributed by atoms with Crippen LogP contribution in [0, 0.1) is 22.7 Å². The number of nitriles is 2. The molecule has 0 aliphatic carbocycles. The SMILES string of the molecule is CCCCCC(C)(C#N)N=NC(C)(C#N)CC. The Hall–Kier alpha value is -1.42. The molecule has 0 radical (unpaired) electrons. The topological polar surface area (TPSA) is 72.3 Å². The summed E-state index contributed by atoms with van der Waals surface area (Å²) in [4.78, 5) is 0. The lowest BCUT2D eigenvalue weighted by Crippen LogP contribution is -2.23. The number of hydrogen-bond acceptors (Lipinski definition) is 4. The van der Waals surface area contributed by atoms with E-state index in [1.54, 1.807) is 13.8 Å². The average molecular weight is 234 g/mol. The van der Waals surface area contributed by atoms with Gasteiger partial charge in [-0.05, 0) is 33.1 Å². The van der Waals surface area contributed by atoms with Gasteiger partial charge in [-0.2, -0.15) is 20.8 Å². The minimum absolute atomic E-state index is 0.601. The third-order valence-corrected chi connectivity index (χ3v) is 2.93. The summed E-state index contributed by atoms with van der Waals surface area (Å²) in [5.74, 6) is 0. The molecule has 0 fully saturated rings. The quantitative estimate of drug-likeness (QED) is 0.493. The lowest BCUT2D eigenvalue weighted by molar-refractivity contribution is 0.445. The fourth-order valence-corrected chi connectivity index (χ4v) is 1.24. The van der Waals surface area contributed by atoms with Gasteiger partial charge in [0.05, 0.1) is 12.1 Å². The first-order valence-corrected chi connectivity index (χ1v) is 6.22. The highest BCUT2D eigenvalue weighted by atomic mass is 15.2. The summed E-state index contributed by atoms with van der Waals surface area (Å²) in [5.41, 5.74) is -1.59. The Morgan fingerprint density at radius 3 is 1.88 bits per heavy atom. The number of unbranched alkanes of at least 4 members (excludes halogenated alkanes) is 2. The lowest BCUT2D eigenvalue weighted by atomic mass is 9.97. The second-order valence-corrected chi connectivity index (χ2v) is 4.78. The summed E-state index contributed by atoms with van der Waals surface area (Å²) in [7, 11) is 0. The first-order chi connectivity index (χ1) is 7.95. The highest BCUT2D eigenvalue weighted by Gasteiger charge is 2.26. The van der Waals surface area contributed by atoms with Gasteiger partial charge in [0.15, 0.2) is 11.1 Å². The van der Waals surface area contributed by atoms with Crippen molar-refractivity contribution in [1.29, 1.82) is 10.5 Å². The third-order valence-electron chi connectivity index (χ3n) is 2.93. The van der Waals surface area contributed by atoms with Crippen LogP contribution in [0.5, 0.6) is 0 Å². The molecule has 0 aromatic carbocycles. The predicted molar refractivity (Wildman–Crippen MR) is 67.3 cm³/mol. The Balaban J connectivity index is 4.64. The van der Waals surface area contributed by atoms with Gasteiger partial charge in [-0.25, -0.2) is 0 Å². The van der Waals surface area contributed by atoms with Gasteiger partial charge >= 0.3 is 0 Å². The highest BCUT2D eigenvalue weighted by molar-refractivity contribution is 5.06. The molecule has 0 N–H and O–H groups in total. The second kappa shape index (κ2) is 7.01. The standard InChI is InChI=1S/C13H22N4/c1-5-7-8-9-13(4,11-15)17-16-12(3,6-2)10-14/h5-9H2,1-4H3. The van der Waals surface area contributed by atoms with Gasteiger partial charge in [0, 0.05) is 0 Å². The van der Waals surface area contributed by atoms with Crippen molar-refractivity contribution in [3.63, 3.8) is 0 Å². The third kappa shape index (κ3) is 5.45. The Bertz CT molecular complexity index is 336. The van der Waals surface area contributed by atoms with Gasteiger partial charge in [-0.15, -0.1) is 0 Å². The van der Waals surface area contributed by atoms with E-state index in [2.05, 4.69) is 29.3 Å². The fourth-order valence-electron chi connectivity index (χ4n) is 1.24. The van der Waals surface area contributed by atoms with Crippen LogP contribution >= 0.6 is 0 Å². The van der Waals surface area contributed by atoms with E-state index in [9.17, 15) is 0 Å². The van der Waals surface area contributed by atoms with Gasteiger partial charge in [0.25, 0.3) is 0 Å². The van der Waals surface area contributed by atoms with Crippen molar-refractivity contribution in [2.45, 2.75) is 70.9 Å². The summed E-state index contributed by atoms with van der Waals surface area (Å²) in [6.07, 6.45) is 4.48. The van der Waals surface area contributed by atoms with Crippen LogP contribution in [0.15, 0.2) is 10.2 Å². The summed E-state index contributed by atoms with van der Waals surface area (Å²) < 4.78 is 0. The van der Waals surface area contributed by atoms with Crippen LogP contribution in [-0.2, 0) is 0 Å². The first kappa shape index (κ1) is 15.6. The molecule has 0 bridgehead atoms. The molecule has 0 aromatic heterocycles. The van der Waals surface area contributed by atoms with Crippen molar-refractivity contribution in [3.05, 3.63) is 0 Å². The molecular formula is C13H22N4. The molecule has 0 aliphatic heterocycles. The largest absolute Gasteiger partial charge is 0.196 e. The molecule has 0 heterocycles. The Labute approximate surface area is 104 Å². The maximum absolute atomic E-state index is 9.14. The minimum Gasteiger partial charge on any atom is -0.196 e. The van der Waals surface area contributed by atoms with Crippen molar-refractivity contribution >= 4 is 0 Å². The van der Waals surface area contributed by atoms with E-state index in [1.165, 1.54) is 0 Å². The Morgan fingerprint density at radius 2 is 1.47 bits per heavy atom. The van der Waals surface area contributed by atoms with E-state index in [4.69, 9.17) is 10.5 Å². The van der Waals surface area contributed by atoms with Gasteiger partial charge in [-0.1, -0.05) is 26.7 Å². The second-order valence-electron chi connectivity index (χ2n) is 4.78. The zero-order chi connectivity index (χ0) is 13.4. The number of rotatable bonds is 7. The van der Waals surface area contributed by atoms with Crippen LogP contribution in [0.4, 0.5) is 0 Å². The molecule has 0 amide bonds. The molecule has 17 heavy (non-hydrogen) atoms. The van der Waals surface area contributed by atoms with E-state index in [-0.39, 0.29) is 0 Å². The molecule has 0 spiro atoms. The van der Waals surface area contributed by atoms with E-state index in [1.807, 2.05) is 6.92 Å². The molecular weight excluding hydrogens is 212 g/mol. The summed E-state index contributed by atoms with van der Waals surface area (Å²) in [6, 6.07) is 4.31. The van der Waals surface area contributed by atoms with Crippen molar-refractivity contribution in [1.82, 2.24) is 0 Å². The molecule has 4 nitrogen and oxygen atoms in total. The molecule has 4 heteroatoms. The Kier molecular flexibility index (Phi) is 6.43.